The third-order valence-corrected chi connectivity index (χ3v) is 2.13. The number of nitrogens with zero attached hydrogens (tertiary/aromatic N) is 5. The van der Waals surface area contributed by atoms with E-state index in [-0.39, 0.29) is 5.52 Å². The molecule has 0 aromatic carbocycles. The quantitative estimate of drug-likeness (QED) is 0.506. The molecular weight excluding hydrogens is 198 g/mol. The maximum absolute atomic E-state index is 11.5. The second-order valence-electron chi connectivity index (χ2n) is 3.00. The minimum Gasteiger partial charge on any atom is -0.425 e. The second kappa shape index (κ2) is 2.53. The average molecular weight is 203 g/mol. The van der Waals surface area contributed by atoms with Gasteiger partial charge in [-0.15, -0.1) is 10.2 Å². The Balaban J connectivity index is 2.66. The van der Waals surface area contributed by atoms with Crippen molar-refractivity contribution < 1.29 is 5.21 Å². The number of fused-ring (bicyclic) bond motifs is 3. The van der Waals surface area contributed by atoms with Gasteiger partial charge in [-0.2, -0.15) is 9.83 Å². The van der Waals surface area contributed by atoms with E-state index in [4.69, 9.17) is 5.21 Å². The standard InChI is InChI=1S/C8H5N5O2/c14-8-7-5(2-4-12(8)15)13-6(10-11-7)1-3-9-13/h1-4,15H. The summed E-state index contributed by atoms with van der Waals surface area (Å²) in [7, 11) is 0. The van der Waals surface area contributed by atoms with Gasteiger partial charge in [-0.05, 0) is 6.07 Å². The lowest BCUT2D eigenvalue weighted by atomic mass is 10.4. The largest absolute Gasteiger partial charge is 0.425 e. The van der Waals surface area contributed by atoms with Gasteiger partial charge in [0, 0.05) is 12.3 Å². The van der Waals surface area contributed by atoms with Crippen LogP contribution in [0, 0.1) is 0 Å². The molecule has 0 amide bonds. The molecule has 0 aliphatic carbocycles. The summed E-state index contributed by atoms with van der Waals surface area (Å²) in [6.07, 6.45) is 2.81. The monoisotopic (exact) mass is 203 g/mol. The van der Waals surface area contributed by atoms with Gasteiger partial charge < -0.3 is 5.21 Å². The summed E-state index contributed by atoms with van der Waals surface area (Å²) in [6.45, 7) is 0. The molecule has 0 saturated carbocycles. The molecule has 7 heteroatoms. The Labute approximate surface area is 82.2 Å². The first kappa shape index (κ1) is 7.92. The van der Waals surface area contributed by atoms with Gasteiger partial charge in [0.05, 0.1) is 6.20 Å². The summed E-state index contributed by atoms with van der Waals surface area (Å²) in [6, 6.07) is 3.22. The van der Waals surface area contributed by atoms with Gasteiger partial charge in [-0.1, -0.05) is 0 Å². The molecule has 0 bridgehead atoms. The summed E-state index contributed by atoms with van der Waals surface area (Å²) in [5.74, 6) is 0. The highest BCUT2D eigenvalue weighted by molar-refractivity contribution is 5.74. The van der Waals surface area contributed by atoms with Crippen molar-refractivity contribution in [1.82, 2.24) is 24.5 Å². The van der Waals surface area contributed by atoms with Crippen LogP contribution in [0.1, 0.15) is 0 Å². The van der Waals surface area contributed by atoms with Crippen molar-refractivity contribution >= 4 is 16.7 Å². The molecular formula is C8H5N5O2. The fourth-order valence-electron chi connectivity index (χ4n) is 1.43. The van der Waals surface area contributed by atoms with Gasteiger partial charge in [0.15, 0.2) is 11.2 Å². The van der Waals surface area contributed by atoms with Crippen molar-refractivity contribution in [3.63, 3.8) is 0 Å². The molecule has 0 unspecified atom stereocenters. The molecule has 74 valence electrons. The van der Waals surface area contributed by atoms with Crippen molar-refractivity contribution in [2.75, 3.05) is 0 Å². The highest BCUT2D eigenvalue weighted by Crippen LogP contribution is 2.06. The molecule has 0 fully saturated rings. The van der Waals surface area contributed by atoms with Crippen LogP contribution in [0.4, 0.5) is 0 Å². The summed E-state index contributed by atoms with van der Waals surface area (Å²) in [4.78, 5) is 11.5. The minimum absolute atomic E-state index is 0.0798. The van der Waals surface area contributed by atoms with Crippen molar-refractivity contribution in [2.24, 2.45) is 0 Å². The van der Waals surface area contributed by atoms with Crippen LogP contribution in [0.2, 0.25) is 0 Å². The molecule has 3 rings (SSSR count). The van der Waals surface area contributed by atoms with Gasteiger partial charge >= 0.3 is 5.56 Å². The zero-order valence-electron chi connectivity index (χ0n) is 7.40. The van der Waals surface area contributed by atoms with Crippen LogP contribution in [0.3, 0.4) is 0 Å². The van der Waals surface area contributed by atoms with Crippen LogP contribution in [0.15, 0.2) is 29.3 Å². The fraction of sp³-hybridized carbons (Fsp3) is 0. The van der Waals surface area contributed by atoms with E-state index in [2.05, 4.69) is 15.3 Å². The number of rotatable bonds is 0. The van der Waals surface area contributed by atoms with Crippen molar-refractivity contribution in [2.45, 2.75) is 0 Å². The van der Waals surface area contributed by atoms with Gasteiger partial charge in [-0.25, -0.2) is 4.52 Å². The Morgan fingerprint density at radius 3 is 3.00 bits per heavy atom. The smallest absolute Gasteiger partial charge is 0.312 e. The molecule has 7 nitrogen and oxygen atoms in total. The topological polar surface area (TPSA) is 85.3 Å². The average Bonchev–Trinajstić information content (AvgIpc) is 2.71. The summed E-state index contributed by atoms with van der Waals surface area (Å²) in [5, 5.41) is 20.7. The number of hydrogen-bond donors (Lipinski definition) is 1. The van der Waals surface area contributed by atoms with Crippen LogP contribution in [-0.2, 0) is 0 Å². The number of aromatic nitrogens is 5. The Kier molecular flexibility index (Phi) is 1.34. The zero-order valence-corrected chi connectivity index (χ0v) is 7.40. The molecule has 15 heavy (non-hydrogen) atoms. The summed E-state index contributed by atoms with van der Waals surface area (Å²) < 4.78 is 1.95. The van der Waals surface area contributed by atoms with E-state index in [0.717, 1.165) is 0 Å². The molecule has 0 saturated heterocycles. The molecule has 0 aliphatic rings. The Morgan fingerprint density at radius 2 is 2.13 bits per heavy atom. The molecule has 0 radical (unpaired) electrons. The van der Waals surface area contributed by atoms with Gasteiger partial charge in [0.25, 0.3) is 0 Å². The van der Waals surface area contributed by atoms with Crippen LogP contribution < -0.4 is 5.56 Å². The second-order valence-corrected chi connectivity index (χ2v) is 3.00. The normalized spacial score (nSPS) is 11.2. The number of hydrogen-bond acceptors (Lipinski definition) is 5. The lowest BCUT2D eigenvalue weighted by Gasteiger charge is -1.99. The molecule has 0 spiro atoms. The molecule has 3 aromatic heterocycles. The van der Waals surface area contributed by atoms with Crippen molar-refractivity contribution in [1.29, 1.82) is 0 Å². The zero-order chi connectivity index (χ0) is 10.4. The summed E-state index contributed by atoms with van der Waals surface area (Å²) >= 11 is 0. The predicted octanol–water partition coefficient (Wildman–Crippen LogP) is -0.324. The van der Waals surface area contributed by atoms with Crippen molar-refractivity contribution in [3.05, 3.63) is 34.9 Å². The van der Waals surface area contributed by atoms with E-state index < -0.39 is 5.56 Å². The first-order valence-electron chi connectivity index (χ1n) is 4.18. The van der Waals surface area contributed by atoms with Crippen LogP contribution in [0.25, 0.3) is 16.7 Å². The Bertz CT molecular complexity index is 714. The third kappa shape index (κ3) is 0.938. The fourth-order valence-corrected chi connectivity index (χ4v) is 1.43. The van der Waals surface area contributed by atoms with E-state index >= 15 is 0 Å². The van der Waals surface area contributed by atoms with E-state index in [0.29, 0.717) is 15.9 Å². The molecule has 1 N–H and O–H groups in total. The highest BCUT2D eigenvalue weighted by atomic mass is 16.5. The Morgan fingerprint density at radius 1 is 1.27 bits per heavy atom. The Hall–Kier alpha value is -2.44. The van der Waals surface area contributed by atoms with E-state index in [1.165, 1.54) is 10.7 Å². The lowest BCUT2D eigenvalue weighted by molar-refractivity contribution is 0.176. The van der Waals surface area contributed by atoms with Crippen LogP contribution in [-0.4, -0.2) is 29.7 Å². The lowest BCUT2D eigenvalue weighted by Crippen LogP contribution is -2.19. The third-order valence-electron chi connectivity index (χ3n) is 2.13. The predicted molar refractivity (Wildman–Crippen MR) is 49.7 cm³/mol. The van der Waals surface area contributed by atoms with Gasteiger partial charge in [0.2, 0.25) is 0 Å². The molecule has 0 atom stereocenters. The first-order valence-corrected chi connectivity index (χ1v) is 4.18. The highest BCUT2D eigenvalue weighted by Gasteiger charge is 2.08. The molecule has 0 aliphatic heterocycles. The number of pyridine rings is 1. The van der Waals surface area contributed by atoms with E-state index in [9.17, 15) is 4.79 Å². The van der Waals surface area contributed by atoms with Crippen LogP contribution >= 0.6 is 0 Å². The first-order chi connectivity index (χ1) is 7.27. The van der Waals surface area contributed by atoms with Gasteiger partial charge in [-0.3, -0.25) is 4.79 Å². The summed E-state index contributed by atoms with van der Waals surface area (Å²) in [5.41, 5.74) is 0.534. The van der Waals surface area contributed by atoms with Crippen LogP contribution in [0.5, 0.6) is 0 Å². The molecule has 3 aromatic rings. The maximum Gasteiger partial charge on any atom is 0.312 e. The van der Waals surface area contributed by atoms with Crippen molar-refractivity contribution in [3.8, 4) is 0 Å². The van der Waals surface area contributed by atoms with E-state index in [1.54, 1.807) is 18.3 Å². The van der Waals surface area contributed by atoms with E-state index in [1.807, 2.05) is 0 Å². The molecule has 3 heterocycles. The maximum atomic E-state index is 11.5. The minimum atomic E-state index is -0.614. The SMILES string of the molecule is O=c1c2nnc3ccnn3c2ccn1O. The van der Waals surface area contributed by atoms with Gasteiger partial charge in [0.1, 0.15) is 5.52 Å².